The normalized spacial score (nSPS) is 19.8. The molecule has 0 aromatic heterocycles. The number of anilines is 1. The number of fused-ring (bicyclic) bond motifs is 1. The van der Waals surface area contributed by atoms with Gasteiger partial charge in [0, 0.05) is 52.9 Å². The van der Waals surface area contributed by atoms with Crippen LogP contribution in [0.15, 0.2) is 42.5 Å². The summed E-state index contributed by atoms with van der Waals surface area (Å²) in [7, 11) is 3.47. The predicted molar refractivity (Wildman–Crippen MR) is 138 cm³/mol. The van der Waals surface area contributed by atoms with Crippen molar-refractivity contribution >= 4 is 5.69 Å². The fourth-order valence-corrected chi connectivity index (χ4v) is 4.83. The van der Waals surface area contributed by atoms with E-state index in [1.54, 1.807) is 14.2 Å². The number of rotatable bonds is 13. The van der Waals surface area contributed by atoms with Gasteiger partial charge in [-0.05, 0) is 54.8 Å². The van der Waals surface area contributed by atoms with Crippen LogP contribution < -0.4 is 19.7 Å². The van der Waals surface area contributed by atoms with Gasteiger partial charge in [0.25, 0.3) is 0 Å². The van der Waals surface area contributed by atoms with E-state index in [0.717, 1.165) is 82.4 Å². The second-order valence-corrected chi connectivity index (χ2v) is 9.20. The number of benzene rings is 2. The summed E-state index contributed by atoms with van der Waals surface area (Å²) in [6.07, 6.45) is 3.08. The Labute approximate surface area is 209 Å². The molecular weight excluding hydrogens is 444 g/mol. The van der Waals surface area contributed by atoms with Gasteiger partial charge in [-0.15, -0.1) is 0 Å². The van der Waals surface area contributed by atoms with Crippen LogP contribution in [0.2, 0.25) is 0 Å². The Morgan fingerprint density at radius 1 is 1.00 bits per heavy atom. The van der Waals surface area contributed by atoms with Crippen LogP contribution in [0.25, 0.3) is 0 Å². The molecule has 1 fully saturated rings. The SMILES string of the molecule is COCCCOc1ccc(C2CCNC[C@@H]2OCc2ccc3c(c2)N(CCCOC)CCO3)cc1. The lowest BCUT2D eigenvalue weighted by molar-refractivity contribution is 0.0106. The fraction of sp³-hybridized carbons (Fsp3) is 0.571. The van der Waals surface area contributed by atoms with E-state index in [1.807, 2.05) is 0 Å². The summed E-state index contributed by atoms with van der Waals surface area (Å²) in [5.74, 6) is 2.23. The van der Waals surface area contributed by atoms with Gasteiger partial charge in [-0.1, -0.05) is 18.2 Å². The zero-order valence-corrected chi connectivity index (χ0v) is 21.2. The molecule has 0 aliphatic carbocycles. The highest BCUT2D eigenvalue weighted by atomic mass is 16.5. The van der Waals surface area contributed by atoms with Gasteiger partial charge in [-0.2, -0.15) is 0 Å². The Morgan fingerprint density at radius 3 is 2.66 bits per heavy atom. The minimum atomic E-state index is 0.127. The first-order valence-electron chi connectivity index (χ1n) is 12.8. The summed E-state index contributed by atoms with van der Waals surface area (Å²) in [5, 5.41) is 3.51. The van der Waals surface area contributed by atoms with E-state index < -0.39 is 0 Å². The maximum absolute atomic E-state index is 6.50. The molecule has 2 heterocycles. The van der Waals surface area contributed by atoms with Crippen molar-refractivity contribution in [3.63, 3.8) is 0 Å². The lowest BCUT2D eigenvalue weighted by Gasteiger charge is -2.33. The van der Waals surface area contributed by atoms with Gasteiger partial charge >= 0.3 is 0 Å². The summed E-state index contributed by atoms with van der Waals surface area (Å²) < 4.78 is 28.5. The average molecular weight is 485 g/mol. The van der Waals surface area contributed by atoms with Crippen molar-refractivity contribution in [3.8, 4) is 11.5 Å². The molecule has 2 aromatic carbocycles. The molecule has 1 N–H and O–H groups in total. The van der Waals surface area contributed by atoms with Crippen LogP contribution in [0.1, 0.15) is 36.3 Å². The highest BCUT2D eigenvalue weighted by Gasteiger charge is 2.27. The smallest absolute Gasteiger partial charge is 0.142 e. The first-order valence-corrected chi connectivity index (χ1v) is 12.8. The van der Waals surface area contributed by atoms with Crippen molar-refractivity contribution in [2.75, 3.05) is 71.7 Å². The summed E-state index contributed by atoms with van der Waals surface area (Å²) in [6.45, 7) is 7.20. The molecule has 2 aliphatic rings. The Morgan fingerprint density at radius 2 is 1.83 bits per heavy atom. The van der Waals surface area contributed by atoms with Crippen molar-refractivity contribution in [2.45, 2.75) is 37.9 Å². The average Bonchev–Trinajstić information content (AvgIpc) is 2.91. The number of nitrogens with one attached hydrogen (secondary N) is 1. The van der Waals surface area contributed by atoms with Gasteiger partial charge in [0.1, 0.15) is 18.1 Å². The number of piperidine rings is 1. The third-order valence-corrected chi connectivity index (χ3v) is 6.72. The summed E-state index contributed by atoms with van der Waals surface area (Å²) in [6, 6.07) is 14.9. The molecule has 2 aromatic rings. The monoisotopic (exact) mass is 484 g/mol. The van der Waals surface area contributed by atoms with E-state index >= 15 is 0 Å². The standard InChI is InChI=1S/C28H40N2O5/c1-31-15-3-13-30-14-18-34-27-10-5-22(19-26(27)30)21-35-28-20-29-12-11-25(28)23-6-8-24(9-7-23)33-17-4-16-32-2/h5-10,19,25,28-29H,3-4,11-18,20-21H2,1-2H3/t25?,28-/m0/s1. The molecule has 0 saturated carbocycles. The third kappa shape index (κ3) is 7.34. The van der Waals surface area contributed by atoms with Gasteiger partial charge in [0.15, 0.2) is 0 Å². The molecule has 0 bridgehead atoms. The summed E-state index contributed by atoms with van der Waals surface area (Å²) in [5.41, 5.74) is 3.65. The topological polar surface area (TPSA) is 61.4 Å². The molecule has 0 radical (unpaired) electrons. The van der Waals surface area contributed by atoms with Crippen molar-refractivity contribution in [2.24, 2.45) is 0 Å². The minimum Gasteiger partial charge on any atom is -0.494 e. The van der Waals surface area contributed by atoms with E-state index in [2.05, 4.69) is 52.7 Å². The van der Waals surface area contributed by atoms with Gasteiger partial charge in [0.05, 0.1) is 31.5 Å². The van der Waals surface area contributed by atoms with Gasteiger partial charge in [-0.25, -0.2) is 0 Å². The zero-order chi connectivity index (χ0) is 24.3. The lowest BCUT2D eigenvalue weighted by Crippen LogP contribution is -2.41. The van der Waals surface area contributed by atoms with E-state index in [4.69, 9.17) is 23.7 Å². The minimum absolute atomic E-state index is 0.127. The van der Waals surface area contributed by atoms with Crippen LogP contribution in [-0.2, 0) is 20.8 Å². The third-order valence-electron chi connectivity index (χ3n) is 6.72. The van der Waals surface area contributed by atoms with Gasteiger partial charge < -0.3 is 33.9 Å². The lowest BCUT2D eigenvalue weighted by atomic mass is 9.87. The largest absolute Gasteiger partial charge is 0.494 e. The van der Waals surface area contributed by atoms with Crippen molar-refractivity contribution in [1.82, 2.24) is 5.32 Å². The number of hydrogen-bond donors (Lipinski definition) is 1. The molecule has 35 heavy (non-hydrogen) atoms. The van der Waals surface area contributed by atoms with Crippen molar-refractivity contribution in [3.05, 3.63) is 53.6 Å². The van der Waals surface area contributed by atoms with E-state index in [1.165, 1.54) is 11.1 Å². The molecule has 7 nitrogen and oxygen atoms in total. The number of ether oxygens (including phenoxy) is 5. The zero-order valence-electron chi connectivity index (χ0n) is 21.2. The van der Waals surface area contributed by atoms with Crippen LogP contribution >= 0.6 is 0 Å². The highest BCUT2D eigenvalue weighted by molar-refractivity contribution is 5.61. The van der Waals surface area contributed by atoms with E-state index in [9.17, 15) is 0 Å². The first-order chi connectivity index (χ1) is 17.3. The fourth-order valence-electron chi connectivity index (χ4n) is 4.83. The van der Waals surface area contributed by atoms with Crippen molar-refractivity contribution in [1.29, 1.82) is 0 Å². The molecular formula is C28H40N2O5. The highest BCUT2D eigenvalue weighted by Crippen LogP contribution is 2.34. The van der Waals surface area contributed by atoms with Crippen LogP contribution in [0.3, 0.4) is 0 Å². The maximum atomic E-state index is 6.50. The van der Waals surface area contributed by atoms with Crippen LogP contribution in [0.4, 0.5) is 5.69 Å². The molecule has 7 heteroatoms. The van der Waals surface area contributed by atoms with Crippen LogP contribution in [0, 0.1) is 0 Å². The Kier molecular flexibility index (Phi) is 10.1. The second kappa shape index (κ2) is 13.7. The molecule has 1 unspecified atom stereocenters. The maximum Gasteiger partial charge on any atom is 0.142 e. The molecule has 0 amide bonds. The molecule has 2 atom stereocenters. The van der Waals surface area contributed by atoms with Crippen molar-refractivity contribution < 1.29 is 23.7 Å². The first kappa shape index (κ1) is 25.8. The quantitative estimate of drug-likeness (QED) is 0.431. The molecule has 4 rings (SSSR count). The number of nitrogens with zero attached hydrogens (tertiary/aromatic N) is 1. The van der Waals surface area contributed by atoms with Crippen LogP contribution in [-0.4, -0.2) is 72.9 Å². The molecule has 1 saturated heterocycles. The van der Waals surface area contributed by atoms with Gasteiger partial charge in [-0.3, -0.25) is 0 Å². The Bertz CT molecular complexity index is 891. The summed E-state index contributed by atoms with van der Waals surface area (Å²) >= 11 is 0. The molecule has 192 valence electrons. The Balaban J connectivity index is 1.35. The van der Waals surface area contributed by atoms with Crippen LogP contribution in [0.5, 0.6) is 11.5 Å². The van der Waals surface area contributed by atoms with E-state index in [0.29, 0.717) is 19.1 Å². The van der Waals surface area contributed by atoms with Gasteiger partial charge in [0.2, 0.25) is 0 Å². The molecule has 2 aliphatic heterocycles. The Hall–Kier alpha value is -2.32. The molecule has 0 spiro atoms. The number of hydrogen-bond acceptors (Lipinski definition) is 7. The second-order valence-electron chi connectivity index (χ2n) is 9.20. The number of methoxy groups -OCH3 is 2. The van der Waals surface area contributed by atoms with E-state index in [-0.39, 0.29) is 6.10 Å². The summed E-state index contributed by atoms with van der Waals surface area (Å²) in [4.78, 5) is 2.39. The predicted octanol–water partition coefficient (Wildman–Crippen LogP) is 4.00.